The van der Waals surface area contributed by atoms with E-state index in [1.807, 2.05) is 36.4 Å². The second-order valence-corrected chi connectivity index (χ2v) is 10.8. The van der Waals surface area contributed by atoms with Crippen molar-refractivity contribution in [2.45, 2.75) is 20.3 Å². The zero-order valence-corrected chi connectivity index (χ0v) is 23.6. The number of halogens is 1. The van der Waals surface area contributed by atoms with Gasteiger partial charge in [-0.2, -0.15) is 0 Å². The van der Waals surface area contributed by atoms with Gasteiger partial charge in [0.15, 0.2) is 5.13 Å². The molecule has 0 aliphatic carbocycles. The van der Waals surface area contributed by atoms with Crippen molar-refractivity contribution in [3.05, 3.63) is 81.7 Å². The molecule has 0 N–H and O–H groups in total. The van der Waals surface area contributed by atoms with Crippen LogP contribution in [0.3, 0.4) is 0 Å². The number of rotatable bonds is 6. The van der Waals surface area contributed by atoms with Gasteiger partial charge < -0.3 is 9.15 Å². The summed E-state index contributed by atoms with van der Waals surface area (Å²) < 4.78 is 12.1. The highest BCUT2D eigenvalue weighted by atomic mass is 35.5. The average molecular weight is 564 g/mol. The summed E-state index contributed by atoms with van der Waals surface area (Å²) in [5.41, 5.74) is 3.00. The van der Waals surface area contributed by atoms with Crippen molar-refractivity contribution in [2.24, 2.45) is 0 Å². The Hall–Kier alpha value is -3.30. The molecular weight excluding hydrogens is 534 g/mol. The highest BCUT2D eigenvalue weighted by Crippen LogP contribution is 2.33. The maximum Gasteiger partial charge on any atom is 0.349 e. The molecule has 1 amide bonds. The highest BCUT2D eigenvalue weighted by Gasteiger charge is 2.26. The van der Waals surface area contributed by atoms with Crippen molar-refractivity contribution in [2.75, 3.05) is 44.3 Å². The van der Waals surface area contributed by atoms with Crippen LogP contribution in [0, 0.1) is 13.8 Å². The maximum atomic E-state index is 14.1. The number of morpholine rings is 1. The third kappa shape index (κ3) is 5.30. The average Bonchev–Trinajstić information content (AvgIpc) is 3.37. The van der Waals surface area contributed by atoms with Gasteiger partial charge in [-0.1, -0.05) is 47.7 Å². The minimum atomic E-state index is -0.635. The summed E-state index contributed by atoms with van der Waals surface area (Å²) in [4.78, 5) is 36.0. The number of carbonyl (C=O) groups is 1. The largest absolute Gasteiger partial charge is 0.422 e. The first-order valence-electron chi connectivity index (χ1n) is 12.9. The quantitative estimate of drug-likeness (QED) is 0.187. The Labute approximate surface area is 236 Å². The van der Waals surface area contributed by atoms with Gasteiger partial charge in [0.2, 0.25) is 0 Å². The van der Waals surface area contributed by atoms with E-state index in [1.165, 1.54) is 11.3 Å². The summed E-state index contributed by atoms with van der Waals surface area (Å²) in [5, 5.41) is 3.30. The van der Waals surface area contributed by atoms with Gasteiger partial charge in [-0.05, 0) is 60.4 Å². The lowest BCUT2D eigenvalue weighted by atomic mass is 10.0. The van der Waals surface area contributed by atoms with Crippen molar-refractivity contribution >= 4 is 66.7 Å². The molecule has 9 heteroatoms. The summed E-state index contributed by atoms with van der Waals surface area (Å²) in [6, 6.07) is 17.4. The molecule has 5 aromatic rings. The highest BCUT2D eigenvalue weighted by molar-refractivity contribution is 7.22. The zero-order valence-electron chi connectivity index (χ0n) is 21.9. The van der Waals surface area contributed by atoms with Crippen LogP contribution in [0.5, 0.6) is 0 Å². The van der Waals surface area contributed by atoms with E-state index in [1.54, 1.807) is 17.0 Å². The Balaban J connectivity index is 0.00000308. The van der Waals surface area contributed by atoms with Gasteiger partial charge in [0.25, 0.3) is 5.91 Å². The van der Waals surface area contributed by atoms with E-state index in [2.05, 4.69) is 24.8 Å². The molecule has 1 aliphatic heterocycles. The number of amides is 1. The molecule has 0 atom stereocenters. The van der Waals surface area contributed by atoms with Crippen LogP contribution in [-0.4, -0.2) is 55.2 Å². The smallest absolute Gasteiger partial charge is 0.349 e. The van der Waals surface area contributed by atoms with Gasteiger partial charge in [-0.25, -0.2) is 9.78 Å². The minimum absolute atomic E-state index is 0. The SMILES string of the molecule is Cc1ccc2sc(N(CCCN3CCOCC3)C(=O)c3cc4c(ccc5ccccc54)oc3=O)nc2c1C.Cl. The maximum absolute atomic E-state index is 14.1. The van der Waals surface area contributed by atoms with Crippen molar-refractivity contribution in [1.29, 1.82) is 0 Å². The predicted octanol–water partition coefficient (Wildman–Crippen LogP) is 5.96. The molecule has 6 rings (SSSR count). The zero-order chi connectivity index (χ0) is 26.2. The fraction of sp³-hybridized carbons (Fsp3) is 0.300. The number of fused-ring (bicyclic) bond motifs is 4. The van der Waals surface area contributed by atoms with Crippen molar-refractivity contribution in [3.8, 4) is 0 Å². The number of thiazole rings is 1. The van der Waals surface area contributed by atoms with Gasteiger partial charge in [-0.15, -0.1) is 12.4 Å². The molecule has 0 unspecified atom stereocenters. The lowest BCUT2D eigenvalue weighted by Gasteiger charge is -2.27. The van der Waals surface area contributed by atoms with Crippen LogP contribution >= 0.6 is 23.7 Å². The lowest BCUT2D eigenvalue weighted by molar-refractivity contribution is 0.0376. The van der Waals surface area contributed by atoms with Gasteiger partial charge >= 0.3 is 5.63 Å². The molecule has 0 bridgehead atoms. The van der Waals surface area contributed by atoms with Gasteiger partial charge in [0, 0.05) is 31.6 Å². The molecule has 2 aromatic heterocycles. The van der Waals surface area contributed by atoms with E-state index >= 15 is 0 Å². The normalized spacial score (nSPS) is 14.1. The summed E-state index contributed by atoms with van der Waals surface area (Å²) >= 11 is 1.48. The molecule has 0 spiro atoms. The number of aryl methyl sites for hydroxylation is 2. The van der Waals surface area contributed by atoms with Crippen LogP contribution in [0.4, 0.5) is 5.13 Å². The van der Waals surface area contributed by atoms with Crippen LogP contribution in [-0.2, 0) is 4.74 Å². The molecule has 1 fully saturated rings. The van der Waals surface area contributed by atoms with Crippen LogP contribution in [0.15, 0.2) is 63.8 Å². The summed E-state index contributed by atoms with van der Waals surface area (Å²) in [6.07, 6.45) is 0.752. The van der Waals surface area contributed by atoms with Crippen molar-refractivity contribution in [3.63, 3.8) is 0 Å². The second-order valence-electron chi connectivity index (χ2n) is 9.76. The first-order valence-corrected chi connectivity index (χ1v) is 13.8. The van der Waals surface area contributed by atoms with Crippen LogP contribution in [0.1, 0.15) is 27.9 Å². The van der Waals surface area contributed by atoms with E-state index < -0.39 is 5.63 Å². The molecule has 3 heterocycles. The van der Waals surface area contributed by atoms with Crippen LogP contribution in [0.25, 0.3) is 32.0 Å². The lowest BCUT2D eigenvalue weighted by Crippen LogP contribution is -2.40. The van der Waals surface area contributed by atoms with Crippen LogP contribution in [0.2, 0.25) is 0 Å². The summed E-state index contributed by atoms with van der Waals surface area (Å²) in [7, 11) is 0. The first kappa shape index (κ1) is 27.3. The summed E-state index contributed by atoms with van der Waals surface area (Å²) in [5.74, 6) is -0.385. The first-order chi connectivity index (χ1) is 18.5. The molecule has 7 nitrogen and oxygen atoms in total. The van der Waals surface area contributed by atoms with Crippen molar-refractivity contribution < 1.29 is 13.9 Å². The molecule has 1 saturated heterocycles. The minimum Gasteiger partial charge on any atom is -0.422 e. The Bertz CT molecular complexity index is 1720. The molecular formula is C30H30ClN3O4S. The van der Waals surface area contributed by atoms with E-state index in [-0.39, 0.29) is 23.9 Å². The molecule has 202 valence electrons. The Kier molecular flexibility index (Phi) is 8.00. The predicted molar refractivity (Wildman–Crippen MR) is 160 cm³/mol. The Morgan fingerprint density at radius 2 is 1.85 bits per heavy atom. The number of anilines is 1. The Morgan fingerprint density at radius 3 is 2.67 bits per heavy atom. The second kappa shape index (κ2) is 11.4. The van der Waals surface area contributed by atoms with Crippen molar-refractivity contribution in [1.82, 2.24) is 9.88 Å². The standard InChI is InChI=1S/C30H29N3O4S.ClH/c1-19-8-11-26-27(20(19)2)31-30(38-26)33(13-5-12-32-14-16-36-17-15-32)28(34)24-18-23-22-7-4-3-6-21(22)9-10-25(23)37-29(24)35;/h3-4,6-11,18H,5,12-17H2,1-2H3;1H. The number of benzene rings is 3. The van der Waals surface area contributed by atoms with Gasteiger partial charge in [0.05, 0.1) is 23.4 Å². The number of carbonyl (C=O) groups excluding carboxylic acids is 1. The molecule has 0 saturated carbocycles. The summed E-state index contributed by atoms with van der Waals surface area (Å²) in [6.45, 7) is 8.62. The van der Waals surface area contributed by atoms with E-state index in [9.17, 15) is 9.59 Å². The number of hydrogen-bond acceptors (Lipinski definition) is 7. The number of ether oxygens (including phenoxy) is 1. The fourth-order valence-electron chi connectivity index (χ4n) is 5.06. The fourth-order valence-corrected chi connectivity index (χ4v) is 6.11. The van der Waals surface area contributed by atoms with E-state index in [4.69, 9.17) is 14.1 Å². The third-order valence-electron chi connectivity index (χ3n) is 7.38. The number of aromatic nitrogens is 1. The van der Waals surface area contributed by atoms with Crippen LogP contribution < -0.4 is 10.5 Å². The topological polar surface area (TPSA) is 75.9 Å². The monoisotopic (exact) mass is 563 g/mol. The molecule has 3 aromatic carbocycles. The third-order valence-corrected chi connectivity index (χ3v) is 8.43. The molecule has 0 radical (unpaired) electrons. The van der Waals surface area contributed by atoms with E-state index in [0.29, 0.717) is 17.3 Å². The van der Waals surface area contributed by atoms with E-state index in [0.717, 1.165) is 76.8 Å². The number of hydrogen-bond donors (Lipinski definition) is 0. The molecule has 39 heavy (non-hydrogen) atoms. The van der Waals surface area contributed by atoms with Gasteiger partial charge in [-0.3, -0.25) is 14.6 Å². The molecule has 1 aliphatic rings. The Morgan fingerprint density at radius 1 is 1.05 bits per heavy atom. The van der Waals surface area contributed by atoms with Gasteiger partial charge in [0.1, 0.15) is 11.1 Å². The number of nitrogens with zero attached hydrogens (tertiary/aromatic N) is 3.